The molecule has 98 valence electrons. The Balaban J connectivity index is 2.13. The number of hydrogen-bond donors (Lipinski definition) is 1. The second kappa shape index (κ2) is 5.61. The lowest BCUT2D eigenvalue weighted by atomic mass is 10.1. The lowest BCUT2D eigenvalue weighted by Gasteiger charge is -2.14. The molecule has 1 atom stereocenters. The van der Waals surface area contributed by atoms with Gasteiger partial charge in [0.1, 0.15) is 11.6 Å². The van der Waals surface area contributed by atoms with Crippen LogP contribution in [0.1, 0.15) is 28.9 Å². The largest absolute Gasteiger partial charge is 0.346 e. The molecule has 4 heteroatoms. The topological polar surface area (TPSA) is 29.1 Å². The second-order valence-corrected chi connectivity index (χ2v) is 4.26. The van der Waals surface area contributed by atoms with E-state index in [2.05, 4.69) is 5.32 Å². The van der Waals surface area contributed by atoms with Gasteiger partial charge in [-0.1, -0.05) is 30.3 Å². The van der Waals surface area contributed by atoms with Crippen molar-refractivity contribution in [3.63, 3.8) is 0 Å². The molecule has 0 saturated carbocycles. The molecular weight excluding hydrogens is 248 g/mol. The van der Waals surface area contributed by atoms with Crippen molar-refractivity contribution >= 4 is 5.91 Å². The third-order valence-electron chi connectivity index (χ3n) is 2.77. The molecule has 2 nitrogen and oxygen atoms in total. The molecule has 0 bridgehead atoms. The summed E-state index contributed by atoms with van der Waals surface area (Å²) in [7, 11) is 0. The Labute approximate surface area is 110 Å². The third-order valence-corrected chi connectivity index (χ3v) is 2.77. The first-order chi connectivity index (χ1) is 9.06. The van der Waals surface area contributed by atoms with Crippen molar-refractivity contribution in [1.29, 1.82) is 0 Å². The van der Waals surface area contributed by atoms with Crippen LogP contribution in [-0.2, 0) is 0 Å². The molecule has 0 aliphatic rings. The van der Waals surface area contributed by atoms with Crippen LogP contribution in [0.25, 0.3) is 0 Å². The highest BCUT2D eigenvalue weighted by Gasteiger charge is 2.13. The van der Waals surface area contributed by atoms with Gasteiger partial charge in [-0.05, 0) is 24.6 Å². The van der Waals surface area contributed by atoms with Gasteiger partial charge in [-0.3, -0.25) is 4.79 Å². The molecule has 0 saturated heterocycles. The van der Waals surface area contributed by atoms with E-state index in [-0.39, 0.29) is 11.6 Å². The van der Waals surface area contributed by atoms with E-state index in [0.717, 1.165) is 23.8 Å². The highest BCUT2D eigenvalue weighted by molar-refractivity contribution is 5.94. The summed E-state index contributed by atoms with van der Waals surface area (Å²) in [4.78, 5) is 11.9. The molecule has 0 radical (unpaired) electrons. The van der Waals surface area contributed by atoms with Gasteiger partial charge < -0.3 is 5.32 Å². The standard InChI is InChI=1S/C15H13F2NO/c1-10(11-5-3-2-4-6-11)18-15(19)12-7-13(16)9-14(17)8-12/h2-10H,1H3,(H,18,19)/t10-/m1/s1. The van der Waals surface area contributed by atoms with Crippen molar-refractivity contribution in [3.8, 4) is 0 Å². The Kier molecular flexibility index (Phi) is 3.90. The summed E-state index contributed by atoms with van der Waals surface area (Å²) < 4.78 is 26.1. The summed E-state index contributed by atoms with van der Waals surface area (Å²) in [5, 5.41) is 2.69. The maximum atomic E-state index is 13.0. The maximum Gasteiger partial charge on any atom is 0.251 e. The van der Waals surface area contributed by atoms with E-state index in [0.29, 0.717) is 0 Å². The Morgan fingerprint density at radius 1 is 1.05 bits per heavy atom. The van der Waals surface area contributed by atoms with Gasteiger partial charge in [-0.2, -0.15) is 0 Å². The summed E-state index contributed by atoms with van der Waals surface area (Å²) >= 11 is 0. The predicted molar refractivity (Wildman–Crippen MR) is 68.7 cm³/mol. The van der Waals surface area contributed by atoms with E-state index in [1.807, 2.05) is 37.3 Å². The average molecular weight is 261 g/mol. The normalized spacial score (nSPS) is 11.9. The lowest BCUT2D eigenvalue weighted by molar-refractivity contribution is 0.0939. The Morgan fingerprint density at radius 3 is 2.21 bits per heavy atom. The number of benzene rings is 2. The molecule has 0 heterocycles. The van der Waals surface area contributed by atoms with Gasteiger partial charge in [0.15, 0.2) is 0 Å². The van der Waals surface area contributed by atoms with Crippen LogP contribution < -0.4 is 5.32 Å². The number of nitrogens with one attached hydrogen (secondary N) is 1. The molecule has 2 aromatic rings. The summed E-state index contributed by atoms with van der Waals surface area (Å²) in [6.07, 6.45) is 0. The van der Waals surface area contributed by atoms with Crippen LogP contribution in [0.3, 0.4) is 0 Å². The van der Waals surface area contributed by atoms with Gasteiger partial charge >= 0.3 is 0 Å². The van der Waals surface area contributed by atoms with Crippen LogP contribution >= 0.6 is 0 Å². The fourth-order valence-electron chi connectivity index (χ4n) is 1.79. The first-order valence-corrected chi connectivity index (χ1v) is 5.88. The zero-order valence-electron chi connectivity index (χ0n) is 10.4. The van der Waals surface area contributed by atoms with Gasteiger partial charge in [0.05, 0.1) is 6.04 Å². The van der Waals surface area contributed by atoms with Gasteiger partial charge in [-0.25, -0.2) is 8.78 Å². The van der Waals surface area contributed by atoms with Crippen molar-refractivity contribution < 1.29 is 13.6 Å². The number of carbonyl (C=O) groups is 1. The van der Waals surface area contributed by atoms with Crippen molar-refractivity contribution in [1.82, 2.24) is 5.32 Å². The first-order valence-electron chi connectivity index (χ1n) is 5.88. The van der Waals surface area contributed by atoms with E-state index in [9.17, 15) is 13.6 Å². The van der Waals surface area contributed by atoms with E-state index in [1.54, 1.807) is 0 Å². The van der Waals surface area contributed by atoms with Crippen LogP contribution in [0.4, 0.5) is 8.78 Å². The predicted octanol–water partition coefficient (Wildman–Crippen LogP) is 3.46. The molecule has 0 fully saturated rings. The van der Waals surface area contributed by atoms with Crippen LogP contribution in [0.5, 0.6) is 0 Å². The van der Waals surface area contributed by atoms with Crippen molar-refractivity contribution in [2.24, 2.45) is 0 Å². The zero-order chi connectivity index (χ0) is 13.8. The SMILES string of the molecule is C[C@@H](NC(=O)c1cc(F)cc(F)c1)c1ccccc1. The van der Waals surface area contributed by atoms with Crippen molar-refractivity contribution in [3.05, 3.63) is 71.3 Å². The minimum absolute atomic E-state index is 0.0275. The van der Waals surface area contributed by atoms with Gasteiger partial charge in [-0.15, -0.1) is 0 Å². The highest BCUT2D eigenvalue weighted by atomic mass is 19.1. The minimum atomic E-state index is -0.766. The van der Waals surface area contributed by atoms with Crippen molar-refractivity contribution in [2.45, 2.75) is 13.0 Å². The minimum Gasteiger partial charge on any atom is -0.346 e. The second-order valence-electron chi connectivity index (χ2n) is 4.26. The fraction of sp³-hybridized carbons (Fsp3) is 0.133. The zero-order valence-corrected chi connectivity index (χ0v) is 10.4. The van der Waals surface area contributed by atoms with Crippen LogP contribution in [0, 0.1) is 11.6 Å². The van der Waals surface area contributed by atoms with Crippen molar-refractivity contribution in [2.75, 3.05) is 0 Å². The van der Waals surface area contributed by atoms with Gasteiger partial charge in [0.2, 0.25) is 0 Å². The fourth-order valence-corrected chi connectivity index (χ4v) is 1.79. The van der Waals surface area contributed by atoms with E-state index < -0.39 is 17.5 Å². The molecular formula is C15H13F2NO. The summed E-state index contributed by atoms with van der Waals surface area (Å²) in [6, 6.07) is 11.9. The van der Waals surface area contributed by atoms with E-state index in [1.165, 1.54) is 0 Å². The number of amides is 1. The molecule has 2 aromatic carbocycles. The van der Waals surface area contributed by atoms with E-state index in [4.69, 9.17) is 0 Å². The Bertz CT molecular complexity index is 564. The molecule has 0 unspecified atom stereocenters. The lowest BCUT2D eigenvalue weighted by Crippen LogP contribution is -2.26. The van der Waals surface area contributed by atoms with Gasteiger partial charge in [0, 0.05) is 11.6 Å². The monoisotopic (exact) mass is 261 g/mol. The number of carbonyl (C=O) groups excluding carboxylic acids is 1. The van der Waals surface area contributed by atoms with Crippen LogP contribution in [0.2, 0.25) is 0 Å². The van der Waals surface area contributed by atoms with Crippen LogP contribution in [-0.4, -0.2) is 5.91 Å². The number of halogens is 2. The molecule has 2 rings (SSSR count). The first kappa shape index (κ1) is 13.2. The Hall–Kier alpha value is -2.23. The quantitative estimate of drug-likeness (QED) is 0.900. The molecule has 19 heavy (non-hydrogen) atoms. The molecule has 0 aromatic heterocycles. The van der Waals surface area contributed by atoms with Gasteiger partial charge in [0.25, 0.3) is 5.91 Å². The molecule has 0 aliphatic carbocycles. The molecule has 0 spiro atoms. The summed E-state index contributed by atoms with van der Waals surface area (Å²) in [6.45, 7) is 1.81. The smallest absolute Gasteiger partial charge is 0.251 e. The third kappa shape index (κ3) is 3.37. The number of rotatable bonds is 3. The Morgan fingerprint density at radius 2 is 1.63 bits per heavy atom. The number of hydrogen-bond acceptors (Lipinski definition) is 1. The highest BCUT2D eigenvalue weighted by Crippen LogP contribution is 2.13. The van der Waals surface area contributed by atoms with E-state index >= 15 is 0 Å². The molecule has 1 N–H and O–H groups in total. The average Bonchev–Trinajstić information content (AvgIpc) is 2.38. The summed E-state index contributed by atoms with van der Waals surface area (Å²) in [5.41, 5.74) is 0.896. The maximum absolute atomic E-state index is 13.0. The molecule has 1 amide bonds. The van der Waals surface area contributed by atoms with Crippen LogP contribution in [0.15, 0.2) is 48.5 Å². The molecule has 0 aliphatic heterocycles. The summed E-state index contributed by atoms with van der Waals surface area (Å²) in [5.74, 6) is -2.04.